The first-order valence-electron chi connectivity index (χ1n) is 5.59. The summed E-state index contributed by atoms with van der Waals surface area (Å²) in [7, 11) is 0. The molecule has 1 nitrogen and oxygen atoms in total. The Hall–Kier alpha value is -0.930. The van der Waals surface area contributed by atoms with Gasteiger partial charge >= 0.3 is 0 Å². The number of halogens is 2. The number of Topliss-reactive ketones (excluding diaryl/α,β-unsaturated/α-hetero) is 1. The van der Waals surface area contributed by atoms with Crippen molar-refractivity contribution in [3.63, 3.8) is 0 Å². The van der Waals surface area contributed by atoms with Crippen molar-refractivity contribution in [3.8, 4) is 0 Å². The van der Waals surface area contributed by atoms with E-state index in [0.29, 0.717) is 0 Å². The monoisotopic (exact) mass is 366 g/mol. The summed E-state index contributed by atoms with van der Waals surface area (Å²) in [5, 5.41) is 0. The Kier molecular flexibility index (Phi) is 4.36. The zero-order valence-electron chi connectivity index (χ0n) is 9.86. The van der Waals surface area contributed by atoms with Crippen LogP contribution in [0, 0.1) is 0 Å². The van der Waals surface area contributed by atoms with Crippen molar-refractivity contribution in [2.75, 3.05) is 0 Å². The second kappa shape index (κ2) is 5.81. The fourth-order valence-electron chi connectivity index (χ4n) is 1.97. The van der Waals surface area contributed by atoms with Gasteiger partial charge in [0.05, 0.1) is 5.92 Å². The van der Waals surface area contributed by atoms with E-state index in [1.165, 1.54) is 0 Å². The molecule has 0 atom stereocenters. The molecule has 0 N–H and O–H groups in total. The fourth-order valence-corrected chi connectivity index (χ4v) is 2.50. The first kappa shape index (κ1) is 13.5. The summed E-state index contributed by atoms with van der Waals surface area (Å²) < 4.78 is 2.04. The topological polar surface area (TPSA) is 17.1 Å². The van der Waals surface area contributed by atoms with Gasteiger partial charge in [-0.3, -0.25) is 4.79 Å². The van der Waals surface area contributed by atoms with E-state index in [1.54, 1.807) is 6.92 Å². The van der Waals surface area contributed by atoms with E-state index in [4.69, 9.17) is 0 Å². The van der Waals surface area contributed by atoms with Gasteiger partial charge in [0.2, 0.25) is 0 Å². The lowest BCUT2D eigenvalue weighted by Crippen LogP contribution is -2.10. The third-order valence-corrected chi connectivity index (χ3v) is 3.87. The third kappa shape index (κ3) is 3.09. The predicted molar refractivity (Wildman–Crippen MR) is 80.8 cm³/mol. The van der Waals surface area contributed by atoms with Crippen molar-refractivity contribution in [3.05, 3.63) is 68.6 Å². The Morgan fingerprint density at radius 1 is 0.833 bits per heavy atom. The van der Waals surface area contributed by atoms with E-state index >= 15 is 0 Å². The molecule has 0 spiro atoms. The van der Waals surface area contributed by atoms with Gasteiger partial charge in [-0.25, -0.2) is 0 Å². The summed E-state index contributed by atoms with van der Waals surface area (Å²) in [5.41, 5.74) is 2.04. The summed E-state index contributed by atoms with van der Waals surface area (Å²) in [5.74, 6) is -0.0363. The normalized spacial score (nSPS) is 10.7. The summed E-state index contributed by atoms with van der Waals surface area (Å²) in [4.78, 5) is 11.9. The molecular weight excluding hydrogens is 356 g/mol. The molecule has 92 valence electrons. The van der Waals surface area contributed by atoms with E-state index in [2.05, 4.69) is 31.9 Å². The molecule has 0 saturated heterocycles. The van der Waals surface area contributed by atoms with Gasteiger partial charge in [0.15, 0.2) is 0 Å². The maximum absolute atomic E-state index is 11.9. The zero-order chi connectivity index (χ0) is 13.1. The van der Waals surface area contributed by atoms with Crippen LogP contribution in [-0.2, 0) is 4.79 Å². The molecule has 0 heterocycles. The van der Waals surface area contributed by atoms with Crippen molar-refractivity contribution < 1.29 is 4.79 Å². The lowest BCUT2D eigenvalue weighted by atomic mass is 9.88. The maximum Gasteiger partial charge on any atom is 0.141 e. The van der Waals surface area contributed by atoms with Gasteiger partial charge in [0, 0.05) is 8.95 Å². The smallest absolute Gasteiger partial charge is 0.141 e. The third-order valence-electron chi connectivity index (χ3n) is 2.81. The van der Waals surface area contributed by atoms with Crippen LogP contribution in [0.2, 0.25) is 0 Å². The second-order valence-corrected chi connectivity index (χ2v) is 5.98. The molecule has 3 heteroatoms. The molecule has 2 rings (SSSR count). The summed E-state index contributed by atoms with van der Waals surface area (Å²) in [6.07, 6.45) is 0. The van der Waals surface area contributed by atoms with E-state index in [-0.39, 0.29) is 11.7 Å². The number of benzene rings is 2. The quantitative estimate of drug-likeness (QED) is 0.751. The molecule has 0 amide bonds. The van der Waals surface area contributed by atoms with Crippen LogP contribution < -0.4 is 0 Å². The Bertz CT molecular complexity index is 498. The summed E-state index contributed by atoms with van der Waals surface area (Å²) >= 11 is 6.81. The van der Waals surface area contributed by atoms with Gasteiger partial charge < -0.3 is 0 Å². The zero-order valence-corrected chi connectivity index (χ0v) is 13.0. The molecule has 0 aliphatic rings. The van der Waals surface area contributed by atoms with Crippen LogP contribution >= 0.6 is 31.9 Å². The molecule has 0 aliphatic carbocycles. The van der Waals surface area contributed by atoms with E-state index in [0.717, 1.165) is 20.1 Å². The summed E-state index contributed by atoms with van der Waals surface area (Å²) in [6.45, 7) is 1.63. The van der Waals surface area contributed by atoms with Crippen molar-refractivity contribution in [1.29, 1.82) is 0 Å². The maximum atomic E-state index is 11.9. The first-order chi connectivity index (χ1) is 8.58. The van der Waals surface area contributed by atoms with Gasteiger partial charge in [-0.2, -0.15) is 0 Å². The minimum absolute atomic E-state index is 0.152. The molecule has 0 bridgehead atoms. The van der Waals surface area contributed by atoms with Crippen LogP contribution in [0.25, 0.3) is 0 Å². The van der Waals surface area contributed by atoms with Gasteiger partial charge in [-0.15, -0.1) is 0 Å². The lowest BCUT2D eigenvalue weighted by molar-refractivity contribution is -0.117. The number of hydrogen-bond donors (Lipinski definition) is 0. The molecule has 0 aromatic heterocycles. The number of ketones is 1. The number of carbonyl (C=O) groups is 1. The van der Waals surface area contributed by atoms with Gasteiger partial charge in [0.1, 0.15) is 5.78 Å². The van der Waals surface area contributed by atoms with Crippen LogP contribution in [0.1, 0.15) is 24.0 Å². The Balaban J connectivity index is 2.43. The number of rotatable bonds is 3. The van der Waals surface area contributed by atoms with Gasteiger partial charge in [0.25, 0.3) is 0 Å². The molecule has 0 aliphatic heterocycles. The molecule has 0 saturated carbocycles. The Morgan fingerprint density at radius 3 is 1.44 bits per heavy atom. The minimum Gasteiger partial charge on any atom is -0.299 e. The highest BCUT2D eigenvalue weighted by Gasteiger charge is 2.18. The van der Waals surface area contributed by atoms with Crippen molar-refractivity contribution in [1.82, 2.24) is 0 Å². The second-order valence-electron chi connectivity index (χ2n) is 4.15. The van der Waals surface area contributed by atoms with Crippen LogP contribution in [0.15, 0.2) is 57.5 Å². The molecule has 0 radical (unpaired) electrons. The highest BCUT2D eigenvalue weighted by atomic mass is 79.9. The Labute approximate surface area is 123 Å². The molecule has 18 heavy (non-hydrogen) atoms. The number of carbonyl (C=O) groups excluding carboxylic acids is 1. The van der Waals surface area contributed by atoms with E-state index in [9.17, 15) is 4.79 Å². The summed E-state index contributed by atoms with van der Waals surface area (Å²) in [6, 6.07) is 15.8. The number of hydrogen-bond acceptors (Lipinski definition) is 1. The largest absolute Gasteiger partial charge is 0.299 e. The van der Waals surface area contributed by atoms with Crippen LogP contribution in [0.4, 0.5) is 0 Å². The first-order valence-corrected chi connectivity index (χ1v) is 7.18. The molecule has 0 fully saturated rings. The van der Waals surface area contributed by atoms with Crippen LogP contribution in [0.5, 0.6) is 0 Å². The highest BCUT2D eigenvalue weighted by Crippen LogP contribution is 2.27. The fraction of sp³-hybridized carbons (Fsp3) is 0.133. The minimum atomic E-state index is -0.189. The van der Waals surface area contributed by atoms with Crippen LogP contribution in [0.3, 0.4) is 0 Å². The van der Waals surface area contributed by atoms with Gasteiger partial charge in [-0.1, -0.05) is 56.1 Å². The average molecular weight is 368 g/mol. The van der Waals surface area contributed by atoms with E-state index in [1.807, 2.05) is 48.5 Å². The molecule has 2 aromatic rings. The van der Waals surface area contributed by atoms with E-state index < -0.39 is 0 Å². The molecule has 2 aromatic carbocycles. The van der Waals surface area contributed by atoms with Crippen molar-refractivity contribution >= 4 is 37.6 Å². The standard InChI is InChI=1S/C15H12Br2O/c1-10(18)15(11-2-6-13(16)7-3-11)12-4-8-14(17)9-5-12/h2-9,15H,1H3. The van der Waals surface area contributed by atoms with Crippen molar-refractivity contribution in [2.45, 2.75) is 12.8 Å². The van der Waals surface area contributed by atoms with Gasteiger partial charge in [-0.05, 0) is 42.3 Å². The highest BCUT2D eigenvalue weighted by molar-refractivity contribution is 9.10. The lowest BCUT2D eigenvalue weighted by Gasteiger charge is -2.15. The Morgan fingerprint density at radius 2 is 1.17 bits per heavy atom. The van der Waals surface area contributed by atoms with Crippen LogP contribution in [-0.4, -0.2) is 5.78 Å². The average Bonchev–Trinajstić information content (AvgIpc) is 2.34. The SMILES string of the molecule is CC(=O)C(c1ccc(Br)cc1)c1ccc(Br)cc1. The predicted octanol–water partition coefficient (Wildman–Crippen LogP) is 4.93. The molecule has 0 unspecified atom stereocenters. The van der Waals surface area contributed by atoms with Crippen molar-refractivity contribution in [2.24, 2.45) is 0 Å². The molecular formula is C15H12Br2O.